The number of esters is 2. The summed E-state index contributed by atoms with van der Waals surface area (Å²) in [5.74, 6) is -1.32. The number of ether oxygens (including phenoxy) is 1. The molecule has 16 heavy (non-hydrogen) atoms. The molecule has 0 amide bonds. The van der Waals surface area contributed by atoms with Crippen LogP contribution in [-0.4, -0.2) is 11.9 Å². The minimum Gasteiger partial charge on any atom is -0.392 e. The van der Waals surface area contributed by atoms with Crippen molar-refractivity contribution in [1.29, 1.82) is 0 Å². The summed E-state index contributed by atoms with van der Waals surface area (Å²) in [7, 11) is 0. The lowest BCUT2D eigenvalue weighted by Gasteiger charge is -2.23. The molecule has 82 valence electrons. The second kappa shape index (κ2) is 3.17. The van der Waals surface area contributed by atoms with Crippen molar-refractivity contribution in [3.05, 3.63) is 34.9 Å². The zero-order valence-electron chi connectivity index (χ0n) is 9.03. The SMILES string of the molecule is Cc1ccc2c(c1)C1C(=O)OC(=O)C1CC2. The molecule has 0 bridgehead atoms. The van der Waals surface area contributed by atoms with Crippen LogP contribution in [0.1, 0.15) is 29.0 Å². The number of carbonyl (C=O) groups is 2. The van der Waals surface area contributed by atoms with Crippen LogP contribution in [0, 0.1) is 12.8 Å². The lowest BCUT2D eigenvalue weighted by Crippen LogP contribution is -2.23. The number of hydrogen-bond donors (Lipinski definition) is 0. The number of cyclic esters (lactones) is 2. The molecule has 1 aliphatic heterocycles. The molecule has 2 aliphatic rings. The number of aryl methyl sites for hydroxylation is 2. The van der Waals surface area contributed by atoms with Gasteiger partial charge in [-0.05, 0) is 30.9 Å². The Labute approximate surface area is 93.4 Å². The van der Waals surface area contributed by atoms with Crippen molar-refractivity contribution in [2.45, 2.75) is 25.7 Å². The van der Waals surface area contributed by atoms with E-state index in [1.54, 1.807) is 0 Å². The van der Waals surface area contributed by atoms with Gasteiger partial charge in [0.2, 0.25) is 0 Å². The molecule has 3 rings (SSSR count). The lowest BCUT2D eigenvalue weighted by molar-refractivity contribution is -0.153. The maximum atomic E-state index is 11.6. The molecule has 1 aromatic rings. The smallest absolute Gasteiger partial charge is 0.321 e. The van der Waals surface area contributed by atoms with Crippen LogP contribution in [-0.2, 0) is 20.7 Å². The first-order valence-electron chi connectivity index (χ1n) is 5.52. The zero-order chi connectivity index (χ0) is 11.3. The van der Waals surface area contributed by atoms with Crippen LogP contribution in [0.25, 0.3) is 0 Å². The molecule has 1 heterocycles. The number of fused-ring (bicyclic) bond motifs is 3. The molecule has 3 nitrogen and oxygen atoms in total. The summed E-state index contributed by atoms with van der Waals surface area (Å²) in [6.07, 6.45) is 1.59. The first kappa shape index (κ1) is 9.58. The monoisotopic (exact) mass is 216 g/mol. The second-order valence-corrected chi connectivity index (χ2v) is 4.57. The van der Waals surface area contributed by atoms with Gasteiger partial charge in [-0.3, -0.25) is 9.59 Å². The normalized spacial score (nSPS) is 27.3. The Morgan fingerprint density at radius 3 is 2.88 bits per heavy atom. The summed E-state index contributed by atoms with van der Waals surface area (Å²) in [6, 6.07) is 6.10. The van der Waals surface area contributed by atoms with Crippen molar-refractivity contribution in [3.63, 3.8) is 0 Å². The fourth-order valence-electron chi connectivity index (χ4n) is 2.71. The second-order valence-electron chi connectivity index (χ2n) is 4.57. The number of carbonyl (C=O) groups excluding carboxylic acids is 2. The van der Waals surface area contributed by atoms with E-state index in [1.807, 2.05) is 19.1 Å². The molecule has 1 aliphatic carbocycles. The molecule has 0 radical (unpaired) electrons. The molecule has 3 heteroatoms. The van der Waals surface area contributed by atoms with Gasteiger partial charge in [0.25, 0.3) is 0 Å². The number of rotatable bonds is 0. The minimum atomic E-state index is -0.374. The topological polar surface area (TPSA) is 43.4 Å². The van der Waals surface area contributed by atoms with Crippen molar-refractivity contribution in [2.24, 2.45) is 5.92 Å². The molecule has 0 saturated carbocycles. The van der Waals surface area contributed by atoms with E-state index in [4.69, 9.17) is 4.74 Å². The van der Waals surface area contributed by atoms with E-state index in [9.17, 15) is 9.59 Å². The van der Waals surface area contributed by atoms with Crippen LogP contribution in [0.5, 0.6) is 0 Å². The van der Waals surface area contributed by atoms with Gasteiger partial charge in [0, 0.05) is 0 Å². The van der Waals surface area contributed by atoms with Crippen LogP contribution in [0.4, 0.5) is 0 Å². The highest BCUT2D eigenvalue weighted by atomic mass is 16.6. The highest BCUT2D eigenvalue weighted by Gasteiger charge is 2.47. The maximum Gasteiger partial charge on any atom is 0.321 e. The first-order chi connectivity index (χ1) is 7.66. The van der Waals surface area contributed by atoms with Gasteiger partial charge in [0.1, 0.15) is 0 Å². The average Bonchev–Trinajstić information content (AvgIpc) is 2.54. The van der Waals surface area contributed by atoms with E-state index in [1.165, 1.54) is 5.56 Å². The lowest BCUT2D eigenvalue weighted by atomic mass is 9.76. The van der Waals surface area contributed by atoms with Crippen molar-refractivity contribution in [1.82, 2.24) is 0 Å². The summed E-state index contributed by atoms with van der Waals surface area (Å²) in [4.78, 5) is 23.1. The molecule has 0 N–H and O–H groups in total. The van der Waals surface area contributed by atoms with Gasteiger partial charge < -0.3 is 4.74 Å². The Kier molecular flexibility index (Phi) is 1.90. The molecule has 0 aromatic heterocycles. The third-order valence-electron chi connectivity index (χ3n) is 3.52. The summed E-state index contributed by atoms with van der Waals surface area (Å²) in [5, 5.41) is 0. The quantitative estimate of drug-likeness (QED) is 0.490. The van der Waals surface area contributed by atoms with Gasteiger partial charge in [-0.25, -0.2) is 0 Å². The predicted molar refractivity (Wildman–Crippen MR) is 56.8 cm³/mol. The molecule has 1 fully saturated rings. The predicted octanol–water partition coefficient (Wildman–Crippen LogP) is 1.72. The van der Waals surface area contributed by atoms with Crippen LogP contribution in [0.3, 0.4) is 0 Å². The van der Waals surface area contributed by atoms with E-state index < -0.39 is 0 Å². The molecule has 2 atom stereocenters. The van der Waals surface area contributed by atoms with Crippen LogP contribution < -0.4 is 0 Å². The van der Waals surface area contributed by atoms with E-state index in [2.05, 4.69) is 6.07 Å². The molecule has 2 unspecified atom stereocenters. The first-order valence-corrected chi connectivity index (χ1v) is 5.52. The van der Waals surface area contributed by atoms with Crippen molar-refractivity contribution >= 4 is 11.9 Å². The Balaban J connectivity index is 2.14. The number of benzene rings is 1. The van der Waals surface area contributed by atoms with Gasteiger partial charge >= 0.3 is 11.9 Å². The van der Waals surface area contributed by atoms with Gasteiger partial charge in [-0.2, -0.15) is 0 Å². The Bertz CT molecular complexity index is 490. The standard InChI is InChI=1S/C13H12O3/c1-7-2-3-8-4-5-9-11(10(8)6-7)13(15)16-12(9)14/h2-3,6,9,11H,4-5H2,1H3. The molecule has 1 aromatic carbocycles. The van der Waals surface area contributed by atoms with Gasteiger partial charge in [-0.15, -0.1) is 0 Å². The maximum absolute atomic E-state index is 11.6. The Morgan fingerprint density at radius 1 is 1.25 bits per heavy atom. The third kappa shape index (κ3) is 1.21. The van der Waals surface area contributed by atoms with Crippen LogP contribution in [0.2, 0.25) is 0 Å². The van der Waals surface area contributed by atoms with E-state index in [0.717, 1.165) is 24.0 Å². The van der Waals surface area contributed by atoms with Gasteiger partial charge in [-0.1, -0.05) is 23.8 Å². The molecular weight excluding hydrogens is 204 g/mol. The fraction of sp³-hybridized carbons (Fsp3) is 0.385. The van der Waals surface area contributed by atoms with E-state index >= 15 is 0 Å². The van der Waals surface area contributed by atoms with Gasteiger partial charge in [0.15, 0.2) is 0 Å². The van der Waals surface area contributed by atoms with Crippen LogP contribution >= 0.6 is 0 Å². The highest BCUT2D eigenvalue weighted by Crippen LogP contribution is 2.41. The van der Waals surface area contributed by atoms with Crippen molar-refractivity contribution < 1.29 is 14.3 Å². The van der Waals surface area contributed by atoms with Crippen LogP contribution in [0.15, 0.2) is 18.2 Å². The Hall–Kier alpha value is -1.64. The van der Waals surface area contributed by atoms with E-state index in [-0.39, 0.29) is 23.8 Å². The van der Waals surface area contributed by atoms with Gasteiger partial charge in [0.05, 0.1) is 11.8 Å². The fourth-order valence-corrected chi connectivity index (χ4v) is 2.71. The summed E-state index contributed by atoms with van der Waals surface area (Å²) >= 11 is 0. The average molecular weight is 216 g/mol. The summed E-state index contributed by atoms with van der Waals surface area (Å²) < 4.78 is 4.73. The Morgan fingerprint density at radius 2 is 2.06 bits per heavy atom. The minimum absolute atomic E-state index is 0.248. The highest BCUT2D eigenvalue weighted by molar-refractivity contribution is 6.00. The largest absolute Gasteiger partial charge is 0.392 e. The number of hydrogen-bond acceptors (Lipinski definition) is 3. The van der Waals surface area contributed by atoms with E-state index in [0.29, 0.717) is 0 Å². The zero-order valence-corrected chi connectivity index (χ0v) is 9.03. The third-order valence-corrected chi connectivity index (χ3v) is 3.52. The molecule has 1 saturated heterocycles. The summed E-state index contributed by atoms with van der Waals surface area (Å²) in [5.41, 5.74) is 3.29. The molecular formula is C13H12O3. The summed E-state index contributed by atoms with van der Waals surface area (Å²) in [6.45, 7) is 1.99. The van der Waals surface area contributed by atoms with Crippen molar-refractivity contribution in [2.75, 3.05) is 0 Å². The van der Waals surface area contributed by atoms with Crippen molar-refractivity contribution in [3.8, 4) is 0 Å². The molecule has 0 spiro atoms.